The lowest BCUT2D eigenvalue weighted by molar-refractivity contribution is 0.0673. The van der Waals surface area contributed by atoms with Gasteiger partial charge in [0.05, 0.1) is 0 Å². The van der Waals surface area contributed by atoms with Crippen LogP contribution in [0.15, 0.2) is 0 Å². The van der Waals surface area contributed by atoms with Crippen LogP contribution in [0.25, 0.3) is 0 Å². The third-order valence-electron chi connectivity index (χ3n) is 1.66. The predicted octanol–water partition coefficient (Wildman–Crippen LogP) is 0.829. The molecular weight excluding hydrogens is 184 g/mol. The topological polar surface area (TPSA) is 47.9 Å². The molecule has 0 amide bonds. The van der Waals surface area contributed by atoms with Crippen LogP contribution < -0.4 is 0 Å². The molecular formula is C10H22O4. The molecule has 0 saturated heterocycles. The molecule has 0 aliphatic carbocycles. The normalized spacial score (nSPS) is 10.7. The zero-order valence-corrected chi connectivity index (χ0v) is 9.04. The smallest absolute Gasteiger partial charge is 0.0488 e. The van der Waals surface area contributed by atoms with Crippen LogP contribution in [0, 0.1) is 0 Å². The summed E-state index contributed by atoms with van der Waals surface area (Å²) in [7, 11) is 1.69. The summed E-state index contributed by atoms with van der Waals surface area (Å²) in [5, 5.41) is 8.47. The van der Waals surface area contributed by atoms with Crippen molar-refractivity contribution in [2.75, 3.05) is 46.8 Å². The van der Waals surface area contributed by atoms with E-state index < -0.39 is 0 Å². The number of hydrogen-bond donors (Lipinski definition) is 1. The van der Waals surface area contributed by atoms with Crippen molar-refractivity contribution in [1.29, 1.82) is 0 Å². The van der Waals surface area contributed by atoms with Gasteiger partial charge in [-0.05, 0) is 19.3 Å². The van der Waals surface area contributed by atoms with Gasteiger partial charge in [-0.1, -0.05) is 0 Å². The van der Waals surface area contributed by atoms with Gasteiger partial charge in [-0.15, -0.1) is 0 Å². The predicted molar refractivity (Wildman–Crippen MR) is 54.5 cm³/mol. The lowest BCUT2D eigenvalue weighted by Crippen LogP contribution is -2.05. The van der Waals surface area contributed by atoms with Crippen LogP contribution in [0.1, 0.15) is 19.3 Å². The summed E-state index contributed by atoms with van der Waals surface area (Å²) in [6, 6.07) is 0. The van der Waals surface area contributed by atoms with E-state index in [0.717, 1.165) is 32.7 Å². The Morgan fingerprint density at radius 1 is 0.786 bits per heavy atom. The minimum absolute atomic E-state index is 0.202. The zero-order chi connectivity index (χ0) is 10.5. The minimum atomic E-state index is 0.202. The molecule has 1 N–H and O–H groups in total. The monoisotopic (exact) mass is 206 g/mol. The van der Waals surface area contributed by atoms with Crippen LogP contribution in [0.3, 0.4) is 0 Å². The molecule has 0 aromatic rings. The van der Waals surface area contributed by atoms with Gasteiger partial charge in [-0.3, -0.25) is 0 Å². The first kappa shape index (κ1) is 13.8. The molecule has 4 nitrogen and oxygen atoms in total. The van der Waals surface area contributed by atoms with Gasteiger partial charge in [-0.2, -0.15) is 0 Å². The summed E-state index contributed by atoms with van der Waals surface area (Å²) >= 11 is 0. The summed E-state index contributed by atoms with van der Waals surface area (Å²) in [5.41, 5.74) is 0. The Hall–Kier alpha value is -0.160. The summed E-state index contributed by atoms with van der Waals surface area (Å²) < 4.78 is 15.5. The first-order valence-electron chi connectivity index (χ1n) is 5.17. The molecule has 86 valence electrons. The van der Waals surface area contributed by atoms with Crippen LogP contribution in [0.2, 0.25) is 0 Å². The second-order valence-corrected chi connectivity index (χ2v) is 3.00. The zero-order valence-electron chi connectivity index (χ0n) is 9.04. The number of ether oxygens (including phenoxy) is 3. The first-order chi connectivity index (χ1) is 6.91. The Labute approximate surface area is 86.2 Å². The van der Waals surface area contributed by atoms with Gasteiger partial charge in [0.15, 0.2) is 0 Å². The maximum Gasteiger partial charge on any atom is 0.0488 e. The molecule has 14 heavy (non-hydrogen) atoms. The molecule has 0 radical (unpaired) electrons. The van der Waals surface area contributed by atoms with Crippen LogP contribution in [0.5, 0.6) is 0 Å². The van der Waals surface area contributed by atoms with Crippen molar-refractivity contribution in [3.8, 4) is 0 Å². The average molecular weight is 206 g/mol. The molecule has 0 aromatic heterocycles. The SMILES string of the molecule is COCCCOCCCOCCCO. The maximum absolute atomic E-state index is 8.47. The van der Waals surface area contributed by atoms with E-state index in [4.69, 9.17) is 19.3 Å². The molecule has 0 aromatic carbocycles. The Balaban J connectivity index is 2.78. The summed E-state index contributed by atoms with van der Waals surface area (Å²) in [4.78, 5) is 0. The van der Waals surface area contributed by atoms with Crippen LogP contribution in [0.4, 0.5) is 0 Å². The maximum atomic E-state index is 8.47. The second kappa shape index (κ2) is 12.8. The van der Waals surface area contributed by atoms with E-state index in [-0.39, 0.29) is 6.61 Å². The van der Waals surface area contributed by atoms with Crippen molar-refractivity contribution in [2.45, 2.75) is 19.3 Å². The van der Waals surface area contributed by atoms with Crippen molar-refractivity contribution in [3.63, 3.8) is 0 Å². The lowest BCUT2D eigenvalue weighted by atomic mass is 10.4. The molecule has 0 aliphatic heterocycles. The highest BCUT2D eigenvalue weighted by molar-refractivity contribution is 4.38. The van der Waals surface area contributed by atoms with E-state index in [1.54, 1.807) is 7.11 Å². The Morgan fingerprint density at radius 2 is 1.29 bits per heavy atom. The van der Waals surface area contributed by atoms with Crippen LogP contribution in [-0.4, -0.2) is 51.9 Å². The summed E-state index contributed by atoms with van der Waals surface area (Å²) in [6.45, 7) is 3.80. The van der Waals surface area contributed by atoms with Crippen molar-refractivity contribution in [3.05, 3.63) is 0 Å². The summed E-state index contributed by atoms with van der Waals surface area (Å²) in [6.07, 6.45) is 2.58. The number of aliphatic hydroxyl groups is 1. The quantitative estimate of drug-likeness (QED) is 0.509. The Kier molecular flexibility index (Phi) is 12.7. The standard InChI is InChI=1S/C10H22O4/c1-12-6-3-8-14-10-4-9-13-7-2-5-11/h11H,2-10H2,1H3. The highest BCUT2D eigenvalue weighted by Crippen LogP contribution is 1.89. The molecule has 0 fully saturated rings. The molecule has 0 unspecified atom stereocenters. The van der Waals surface area contributed by atoms with E-state index in [9.17, 15) is 0 Å². The number of methoxy groups -OCH3 is 1. The van der Waals surface area contributed by atoms with Gasteiger partial charge in [0.2, 0.25) is 0 Å². The largest absolute Gasteiger partial charge is 0.396 e. The van der Waals surface area contributed by atoms with Crippen molar-refractivity contribution >= 4 is 0 Å². The third-order valence-corrected chi connectivity index (χ3v) is 1.66. The van der Waals surface area contributed by atoms with Gasteiger partial charge >= 0.3 is 0 Å². The molecule has 4 heteroatoms. The van der Waals surface area contributed by atoms with Crippen LogP contribution in [-0.2, 0) is 14.2 Å². The van der Waals surface area contributed by atoms with E-state index in [0.29, 0.717) is 19.6 Å². The minimum Gasteiger partial charge on any atom is -0.396 e. The van der Waals surface area contributed by atoms with Crippen molar-refractivity contribution < 1.29 is 19.3 Å². The van der Waals surface area contributed by atoms with Crippen molar-refractivity contribution in [1.82, 2.24) is 0 Å². The van der Waals surface area contributed by atoms with E-state index in [1.165, 1.54) is 0 Å². The van der Waals surface area contributed by atoms with Gasteiger partial charge < -0.3 is 19.3 Å². The van der Waals surface area contributed by atoms with Gasteiger partial charge in [0, 0.05) is 46.8 Å². The molecule has 0 aliphatic rings. The third kappa shape index (κ3) is 11.8. The molecule has 0 rings (SSSR count). The average Bonchev–Trinajstić information content (AvgIpc) is 2.21. The van der Waals surface area contributed by atoms with E-state index in [2.05, 4.69) is 0 Å². The van der Waals surface area contributed by atoms with E-state index in [1.807, 2.05) is 0 Å². The molecule has 0 saturated carbocycles. The summed E-state index contributed by atoms with van der Waals surface area (Å²) in [5.74, 6) is 0. The Morgan fingerprint density at radius 3 is 1.79 bits per heavy atom. The Bertz CT molecular complexity index is 86.1. The van der Waals surface area contributed by atoms with Crippen LogP contribution >= 0.6 is 0 Å². The lowest BCUT2D eigenvalue weighted by Gasteiger charge is -2.04. The highest BCUT2D eigenvalue weighted by Gasteiger charge is 1.91. The fourth-order valence-corrected chi connectivity index (χ4v) is 0.939. The van der Waals surface area contributed by atoms with Gasteiger partial charge in [-0.25, -0.2) is 0 Å². The highest BCUT2D eigenvalue weighted by atomic mass is 16.5. The van der Waals surface area contributed by atoms with Gasteiger partial charge in [0.25, 0.3) is 0 Å². The van der Waals surface area contributed by atoms with Crippen molar-refractivity contribution in [2.24, 2.45) is 0 Å². The fraction of sp³-hybridized carbons (Fsp3) is 1.00. The number of hydrogen-bond acceptors (Lipinski definition) is 4. The van der Waals surface area contributed by atoms with E-state index >= 15 is 0 Å². The molecule has 0 bridgehead atoms. The molecule has 0 heterocycles. The number of rotatable bonds is 11. The second-order valence-electron chi connectivity index (χ2n) is 3.00. The van der Waals surface area contributed by atoms with Gasteiger partial charge in [0.1, 0.15) is 0 Å². The molecule has 0 atom stereocenters. The molecule has 0 spiro atoms. The first-order valence-corrected chi connectivity index (χ1v) is 5.17. The fourth-order valence-electron chi connectivity index (χ4n) is 0.939. The number of aliphatic hydroxyl groups excluding tert-OH is 1.